The Labute approximate surface area is 99.4 Å². The van der Waals surface area contributed by atoms with E-state index in [1.165, 1.54) is 12.8 Å². The summed E-state index contributed by atoms with van der Waals surface area (Å²) in [6.07, 6.45) is 6.59. The number of likely N-dealkylation sites (N-methyl/N-ethyl adjacent to an activating group) is 1. The van der Waals surface area contributed by atoms with Gasteiger partial charge in [0.05, 0.1) is 0 Å². The van der Waals surface area contributed by atoms with Gasteiger partial charge in [-0.15, -0.1) is 0 Å². The van der Waals surface area contributed by atoms with Gasteiger partial charge in [0, 0.05) is 25.0 Å². The van der Waals surface area contributed by atoms with Crippen molar-refractivity contribution in [1.82, 2.24) is 4.90 Å². The summed E-state index contributed by atoms with van der Waals surface area (Å²) in [6, 6.07) is 0.442. The van der Waals surface area contributed by atoms with E-state index >= 15 is 0 Å². The van der Waals surface area contributed by atoms with E-state index in [0.29, 0.717) is 0 Å². The SMILES string of the molecule is CCCC(C)C(=O)N(C)C1CCCCC1N. The van der Waals surface area contributed by atoms with E-state index in [1.807, 2.05) is 18.9 Å². The van der Waals surface area contributed by atoms with Gasteiger partial charge < -0.3 is 10.6 Å². The molecule has 2 N–H and O–H groups in total. The van der Waals surface area contributed by atoms with Crippen LogP contribution in [0.15, 0.2) is 0 Å². The van der Waals surface area contributed by atoms with E-state index in [0.717, 1.165) is 25.7 Å². The number of amides is 1. The highest BCUT2D eigenvalue weighted by Crippen LogP contribution is 2.22. The highest BCUT2D eigenvalue weighted by Gasteiger charge is 2.29. The standard InChI is InChI=1S/C13H26N2O/c1-4-7-10(2)13(16)15(3)12-9-6-5-8-11(12)14/h10-12H,4-9,14H2,1-3H3. The maximum absolute atomic E-state index is 12.1. The molecular formula is C13H26N2O. The second-order valence-corrected chi connectivity index (χ2v) is 5.15. The number of rotatable bonds is 4. The van der Waals surface area contributed by atoms with Crippen molar-refractivity contribution in [3.63, 3.8) is 0 Å². The minimum absolute atomic E-state index is 0.143. The topological polar surface area (TPSA) is 46.3 Å². The summed E-state index contributed by atoms with van der Waals surface area (Å²) in [4.78, 5) is 14.1. The Bertz CT molecular complexity index is 230. The van der Waals surface area contributed by atoms with Crippen LogP contribution in [0, 0.1) is 5.92 Å². The van der Waals surface area contributed by atoms with Gasteiger partial charge in [0.2, 0.25) is 5.91 Å². The number of carbonyl (C=O) groups is 1. The molecule has 0 aromatic rings. The maximum Gasteiger partial charge on any atom is 0.225 e. The van der Waals surface area contributed by atoms with Gasteiger partial charge in [-0.05, 0) is 19.3 Å². The predicted molar refractivity (Wildman–Crippen MR) is 67.1 cm³/mol. The molecule has 0 bridgehead atoms. The Morgan fingerprint density at radius 1 is 1.44 bits per heavy atom. The molecule has 3 atom stereocenters. The molecule has 0 saturated heterocycles. The molecule has 0 heterocycles. The lowest BCUT2D eigenvalue weighted by molar-refractivity contribution is -0.137. The largest absolute Gasteiger partial charge is 0.341 e. The van der Waals surface area contributed by atoms with Crippen molar-refractivity contribution in [1.29, 1.82) is 0 Å². The highest BCUT2D eigenvalue weighted by atomic mass is 16.2. The molecule has 3 nitrogen and oxygen atoms in total. The molecular weight excluding hydrogens is 200 g/mol. The van der Waals surface area contributed by atoms with Crippen molar-refractivity contribution in [2.75, 3.05) is 7.05 Å². The molecule has 94 valence electrons. The Morgan fingerprint density at radius 3 is 2.62 bits per heavy atom. The summed E-state index contributed by atoms with van der Waals surface area (Å²) >= 11 is 0. The normalized spacial score (nSPS) is 27.5. The molecule has 0 radical (unpaired) electrons. The summed E-state index contributed by atoms with van der Waals surface area (Å²) in [5.41, 5.74) is 6.10. The lowest BCUT2D eigenvalue weighted by Crippen LogP contribution is -2.51. The van der Waals surface area contributed by atoms with Crippen LogP contribution in [0.25, 0.3) is 0 Å². The number of hydrogen-bond donors (Lipinski definition) is 1. The van der Waals surface area contributed by atoms with Crippen LogP contribution >= 0.6 is 0 Å². The first kappa shape index (κ1) is 13.5. The average Bonchev–Trinajstić information content (AvgIpc) is 2.28. The van der Waals surface area contributed by atoms with E-state index in [-0.39, 0.29) is 23.9 Å². The van der Waals surface area contributed by atoms with E-state index in [4.69, 9.17) is 5.73 Å². The van der Waals surface area contributed by atoms with Crippen molar-refractivity contribution in [2.24, 2.45) is 11.7 Å². The predicted octanol–water partition coefficient (Wildman–Crippen LogP) is 2.15. The van der Waals surface area contributed by atoms with E-state index in [1.54, 1.807) is 0 Å². The van der Waals surface area contributed by atoms with Crippen molar-refractivity contribution in [3.05, 3.63) is 0 Å². The molecule has 1 aliphatic carbocycles. The first-order chi connectivity index (χ1) is 7.57. The first-order valence-corrected chi connectivity index (χ1v) is 6.60. The molecule has 1 aliphatic rings. The van der Waals surface area contributed by atoms with E-state index in [9.17, 15) is 4.79 Å². The summed E-state index contributed by atoms with van der Waals surface area (Å²) < 4.78 is 0. The third kappa shape index (κ3) is 3.21. The monoisotopic (exact) mass is 226 g/mol. The minimum atomic E-state index is 0.143. The molecule has 1 rings (SSSR count). The van der Waals surface area contributed by atoms with Crippen molar-refractivity contribution < 1.29 is 4.79 Å². The first-order valence-electron chi connectivity index (χ1n) is 6.60. The number of nitrogens with two attached hydrogens (primary N) is 1. The Balaban J connectivity index is 2.54. The van der Waals surface area contributed by atoms with Crippen molar-refractivity contribution >= 4 is 5.91 Å². The van der Waals surface area contributed by atoms with Crippen LogP contribution in [0.1, 0.15) is 52.4 Å². The molecule has 1 fully saturated rings. The third-order valence-electron chi connectivity index (χ3n) is 3.77. The average molecular weight is 226 g/mol. The fourth-order valence-corrected chi connectivity index (χ4v) is 2.69. The Morgan fingerprint density at radius 2 is 2.06 bits per heavy atom. The quantitative estimate of drug-likeness (QED) is 0.798. The van der Waals surface area contributed by atoms with E-state index < -0.39 is 0 Å². The van der Waals surface area contributed by atoms with Gasteiger partial charge >= 0.3 is 0 Å². The zero-order valence-corrected chi connectivity index (χ0v) is 10.9. The van der Waals surface area contributed by atoms with Crippen LogP contribution in [-0.2, 0) is 4.79 Å². The van der Waals surface area contributed by atoms with Gasteiger partial charge in [0.25, 0.3) is 0 Å². The fourth-order valence-electron chi connectivity index (χ4n) is 2.69. The maximum atomic E-state index is 12.1. The van der Waals surface area contributed by atoms with Gasteiger partial charge in [0.15, 0.2) is 0 Å². The van der Waals surface area contributed by atoms with Gasteiger partial charge in [-0.3, -0.25) is 4.79 Å². The number of hydrogen-bond acceptors (Lipinski definition) is 2. The molecule has 16 heavy (non-hydrogen) atoms. The van der Waals surface area contributed by atoms with Crippen molar-refractivity contribution in [2.45, 2.75) is 64.5 Å². The van der Waals surface area contributed by atoms with Crippen LogP contribution in [0.5, 0.6) is 0 Å². The summed E-state index contributed by atoms with van der Waals surface area (Å²) in [5, 5.41) is 0. The molecule has 3 heteroatoms. The van der Waals surface area contributed by atoms with Crippen LogP contribution in [0.4, 0.5) is 0 Å². The third-order valence-corrected chi connectivity index (χ3v) is 3.77. The number of nitrogens with zero attached hydrogens (tertiary/aromatic N) is 1. The molecule has 0 aromatic heterocycles. The van der Waals surface area contributed by atoms with Crippen LogP contribution < -0.4 is 5.73 Å². The second-order valence-electron chi connectivity index (χ2n) is 5.15. The molecule has 1 saturated carbocycles. The van der Waals surface area contributed by atoms with Gasteiger partial charge in [0.1, 0.15) is 0 Å². The zero-order valence-electron chi connectivity index (χ0n) is 10.9. The summed E-state index contributed by atoms with van der Waals surface area (Å²) in [7, 11) is 1.92. The second kappa shape index (κ2) is 6.24. The van der Waals surface area contributed by atoms with Crippen LogP contribution in [0.2, 0.25) is 0 Å². The fraction of sp³-hybridized carbons (Fsp3) is 0.923. The Kier molecular flexibility index (Phi) is 5.26. The number of carbonyl (C=O) groups excluding carboxylic acids is 1. The summed E-state index contributed by atoms with van der Waals surface area (Å²) in [5.74, 6) is 0.410. The molecule has 0 aromatic carbocycles. The highest BCUT2D eigenvalue weighted by molar-refractivity contribution is 5.78. The summed E-state index contributed by atoms with van der Waals surface area (Å²) in [6.45, 7) is 4.15. The smallest absolute Gasteiger partial charge is 0.225 e. The molecule has 1 amide bonds. The van der Waals surface area contributed by atoms with Gasteiger partial charge in [-0.2, -0.15) is 0 Å². The Hall–Kier alpha value is -0.570. The van der Waals surface area contributed by atoms with Crippen LogP contribution in [0.3, 0.4) is 0 Å². The molecule has 3 unspecified atom stereocenters. The lowest BCUT2D eigenvalue weighted by atomic mass is 9.89. The molecule has 0 aliphatic heterocycles. The lowest BCUT2D eigenvalue weighted by Gasteiger charge is -2.37. The zero-order chi connectivity index (χ0) is 12.1. The minimum Gasteiger partial charge on any atom is -0.341 e. The van der Waals surface area contributed by atoms with Crippen LogP contribution in [-0.4, -0.2) is 29.9 Å². The van der Waals surface area contributed by atoms with Crippen molar-refractivity contribution in [3.8, 4) is 0 Å². The molecule has 0 spiro atoms. The van der Waals surface area contributed by atoms with Gasteiger partial charge in [-0.25, -0.2) is 0 Å². The van der Waals surface area contributed by atoms with E-state index in [2.05, 4.69) is 6.92 Å². The van der Waals surface area contributed by atoms with Gasteiger partial charge in [-0.1, -0.05) is 33.1 Å².